The van der Waals surface area contributed by atoms with E-state index in [-0.39, 0.29) is 5.78 Å². The minimum Gasteiger partial charge on any atom is -0.311 e. The number of carbonyl (C=O) groups is 1. The van der Waals surface area contributed by atoms with Crippen LogP contribution in [-0.4, -0.2) is 5.78 Å². The van der Waals surface area contributed by atoms with Crippen molar-refractivity contribution in [3.63, 3.8) is 0 Å². The lowest BCUT2D eigenvalue weighted by Crippen LogP contribution is -2.10. The molecule has 0 heterocycles. The van der Waals surface area contributed by atoms with Crippen molar-refractivity contribution >= 4 is 33.6 Å². The first-order valence-electron chi connectivity index (χ1n) is 10.3. The van der Waals surface area contributed by atoms with Gasteiger partial charge in [0.25, 0.3) is 0 Å². The highest BCUT2D eigenvalue weighted by Gasteiger charge is 2.14. The van der Waals surface area contributed by atoms with Crippen LogP contribution < -0.4 is 4.90 Å². The molecule has 0 N–H and O–H groups in total. The molecule has 5 rings (SSSR count). The molecule has 31 heavy (non-hydrogen) atoms. The maximum absolute atomic E-state index is 13.1. The Bertz CT molecular complexity index is 1290. The molecule has 148 valence electrons. The highest BCUT2D eigenvalue weighted by atomic mass is 16.1. The third-order valence-electron chi connectivity index (χ3n) is 5.43. The summed E-state index contributed by atoms with van der Waals surface area (Å²) >= 11 is 0. The quantitative estimate of drug-likeness (QED) is 0.285. The summed E-state index contributed by atoms with van der Waals surface area (Å²) in [6.45, 7) is 0. The number of para-hydroxylation sites is 2. The van der Waals surface area contributed by atoms with Gasteiger partial charge in [-0.05, 0) is 65.4 Å². The third-order valence-corrected chi connectivity index (χ3v) is 5.43. The first-order valence-corrected chi connectivity index (χ1v) is 10.3. The molecule has 0 aliphatic rings. The maximum atomic E-state index is 13.1. The number of rotatable bonds is 5. The fourth-order valence-electron chi connectivity index (χ4n) is 3.86. The van der Waals surface area contributed by atoms with Gasteiger partial charge in [0, 0.05) is 28.2 Å². The van der Waals surface area contributed by atoms with Crippen molar-refractivity contribution in [2.45, 2.75) is 0 Å². The lowest BCUT2D eigenvalue weighted by atomic mass is 9.99. The van der Waals surface area contributed by atoms with Gasteiger partial charge in [0.2, 0.25) is 0 Å². The predicted molar refractivity (Wildman–Crippen MR) is 129 cm³/mol. The van der Waals surface area contributed by atoms with Gasteiger partial charge in [-0.3, -0.25) is 4.79 Å². The van der Waals surface area contributed by atoms with E-state index in [1.54, 1.807) is 0 Å². The smallest absolute Gasteiger partial charge is 0.193 e. The molecule has 0 radical (unpaired) electrons. The average molecular weight is 399 g/mol. The van der Waals surface area contributed by atoms with Crippen LogP contribution in [0.4, 0.5) is 17.1 Å². The Morgan fingerprint density at radius 2 is 0.935 bits per heavy atom. The molecular weight excluding hydrogens is 378 g/mol. The molecule has 0 atom stereocenters. The largest absolute Gasteiger partial charge is 0.311 e. The van der Waals surface area contributed by atoms with E-state index in [2.05, 4.69) is 35.2 Å². The molecule has 0 aliphatic heterocycles. The van der Waals surface area contributed by atoms with Crippen LogP contribution in [0.15, 0.2) is 127 Å². The maximum Gasteiger partial charge on any atom is 0.193 e. The second kappa shape index (κ2) is 8.29. The van der Waals surface area contributed by atoms with Crippen LogP contribution in [0.5, 0.6) is 0 Å². The Morgan fingerprint density at radius 3 is 1.55 bits per heavy atom. The fraction of sp³-hybridized carbons (Fsp3) is 0. The predicted octanol–water partition coefficient (Wildman–Crippen LogP) is 7.54. The summed E-state index contributed by atoms with van der Waals surface area (Å²) in [6, 6.07) is 42.3. The third kappa shape index (κ3) is 3.84. The Balaban J connectivity index is 1.49. The SMILES string of the molecule is O=C(c1ccc(N(c2ccccc2)c2ccccc2)cc1)c1ccc2ccccc2c1. The number of fused-ring (bicyclic) bond motifs is 1. The first-order chi connectivity index (χ1) is 15.3. The number of benzene rings is 5. The van der Waals surface area contributed by atoms with Crippen molar-refractivity contribution in [1.82, 2.24) is 0 Å². The van der Waals surface area contributed by atoms with Gasteiger partial charge in [-0.25, -0.2) is 0 Å². The molecule has 5 aromatic rings. The van der Waals surface area contributed by atoms with Crippen LogP contribution in [0.1, 0.15) is 15.9 Å². The van der Waals surface area contributed by atoms with Crippen molar-refractivity contribution < 1.29 is 4.79 Å². The average Bonchev–Trinajstić information content (AvgIpc) is 2.85. The van der Waals surface area contributed by atoms with E-state index in [1.807, 2.05) is 97.1 Å². The van der Waals surface area contributed by atoms with Crippen LogP contribution in [-0.2, 0) is 0 Å². The molecule has 0 aliphatic carbocycles. The van der Waals surface area contributed by atoms with Gasteiger partial charge in [-0.15, -0.1) is 0 Å². The fourth-order valence-corrected chi connectivity index (χ4v) is 3.86. The molecule has 0 unspecified atom stereocenters. The molecule has 2 heteroatoms. The summed E-state index contributed by atoms with van der Waals surface area (Å²) in [5.74, 6) is 0.0308. The molecule has 0 spiro atoms. The monoisotopic (exact) mass is 399 g/mol. The van der Waals surface area contributed by atoms with Crippen LogP contribution in [0.25, 0.3) is 10.8 Å². The molecule has 0 saturated heterocycles. The molecule has 0 fully saturated rings. The number of hydrogen-bond donors (Lipinski definition) is 0. The second-order valence-electron chi connectivity index (χ2n) is 7.44. The molecule has 0 amide bonds. The molecule has 5 aromatic carbocycles. The number of nitrogens with zero attached hydrogens (tertiary/aromatic N) is 1. The van der Waals surface area contributed by atoms with Crippen LogP contribution in [0.2, 0.25) is 0 Å². The second-order valence-corrected chi connectivity index (χ2v) is 7.44. The van der Waals surface area contributed by atoms with Crippen LogP contribution in [0, 0.1) is 0 Å². The van der Waals surface area contributed by atoms with Crippen molar-refractivity contribution in [3.05, 3.63) is 139 Å². The lowest BCUT2D eigenvalue weighted by Gasteiger charge is -2.25. The van der Waals surface area contributed by atoms with Gasteiger partial charge < -0.3 is 4.90 Å². The van der Waals surface area contributed by atoms with E-state index in [0.717, 1.165) is 27.8 Å². The van der Waals surface area contributed by atoms with Gasteiger partial charge in [0.15, 0.2) is 5.78 Å². The van der Waals surface area contributed by atoms with Crippen molar-refractivity contribution in [1.29, 1.82) is 0 Å². The Hall–Kier alpha value is -4.17. The van der Waals surface area contributed by atoms with Gasteiger partial charge >= 0.3 is 0 Å². The van der Waals surface area contributed by atoms with Gasteiger partial charge in [0.1, 0.15) is 0 Å². The number of carbonyl (C=O) groups excluding carboxylic acids is 1. The summed E-state index contributed by atoms with van der Waals surface area (Å²) in [4.78, 5) is 15.3. The summed E-state index contributed by atoms with van der Waals surface area (Å²) in [5, 5.41) is 2.21. The Morgan fingerprint density at radius 1 is 0.452 bits per heavy atom. The van der Waals surface area contributed by atoms with E-state index in [0.29, 0.717) is 11.1 Å². The zero-order valence-corrected chi connectivity index (χ0v) is 17.0. The van der Waals surface area contributed by atoms with Gasteiger partial charge in [-0.1, -0.05) is 72.8 Å². The number of anilines is 3. The van der Waals surface area contributed by atoms with Gasteiger partial charge in [0.05, 0.1) is 0 Å². The summed E-state index contributed by atoms with van der Waals surface area (Å²) in [7, 11) is 0. The summed E-state index contributed by atoms with van der Waals surface area (Å²) in [5.41, 5.74) is 4.53. The summed E-state index contributed by atoms with van der Waals surface area (Å²) in [6.07, 6.45) is 0. The Labute approximate surface area is 182 Å². The standard InChI is InChI=1S/C29H21NO/c31-29(25-16-15-22-9-7-8-10-24(22)21-25)23-17-19-28(20-18-23)30(26-11-3-1-4-12-26)27-13-5-2-6-14-27/h1-21H. The zero-order chi connectivity index (χ0) is 21.0. The van der Waals surface area contributed by atoms with E-state index in [9.17, 15) is 4.79 Å². The van der Waals surface area contributed by atoms with E-state index < -0.39 is 0 Å². The van der Waals surface area contributed by atoms with Crippen molar-refractivity contribution in [2.24, 2.45) is 0 Å². The molecule has 2 nitrogen and oxygen atoms in total. The highest BCUT2D eigenvalue weighted by Crippen LogP contribution is 2.34. The molecule has 0 aromatic heterocycles. The van der Waals surface area contributed by atoms with E-state index in [4.69, 9.17) is 0 Å². The topological polar surface area (TPSA) is 20.3 Å². The van der Waals surface area contributed by atoms with Crippen molar-refractivity contribution in [2.75, 3.05) is 4.90 Å². The number of ketones is 1. The van der Waals surface area contributed by atoms with Crippen LogP contribution >= 0.6 is 0 Å². The van der Waals surface area contributed by atoms with Crippen LogP contribution in [0.3, 0.4) is 0 Å². The van der Waals surface area contributed by atoms with Gasteiger partial charge in [-0.2, -0.15) is 0 Å². The minimum atomic E-state index is 0.0308. The normalized spacial score (nSPS) is 10.7. The van der Waals surface area contributed by atoms with Crippen molar-refractivity contribution in [3.8, 4) is 0 Å². The first kappa shape index (κ1) is 18.8. The molecule has 0 saturated carbocycles. The highest BCUT2D eigenvalue weighted by molar-refractivity contribution is 6.10. The van der Waals surface area contributed by atoms with E-state index in [1.165, 1.54) is 0 Å². The number of hydrogen-bond acceptors (Lipinski definition) is 2. The Kier molecular flexibility index (Phi) is 5.04. The van der Waals surface area contributed by atoms with E-state index >= 15 is 0 Å². The lowest BCUT2D eigenvalue weighted by molar-refractivity contribution is 0.103. The zero-order valence-electron chi connectivity index (χ0n) is 17.0. The molecule has 0 bridgehead atoms. The minimum absolute atomic E-state index is 0.0308. The molecular formula is C29H21NO. The summed E-state index contributed by atoms with van der Waals surface area (Å²) < 4.78 is 0.